The van der Waals surface area contributed by atoms with E-state index in [4.69, 9.17) is 4.74 Å². The molecule has 0 aliphatic rings. The number of amides is 1. The van der Waals surface area contributed by atoms with E-state index in [1.165, 1.54) is 7.11 Å². The second kappa shape index (κ2) is 8.44. The number of carbonyl (C=O) groups is 2. The van der Waals surface area contributed by atoms with Crippen molar-refractivity contribution >= 4 is 11.9 Å². The van der Waals surface area contributed by atoms with Gasteiger partial charge in [0, 0.05) is 6.42 Å². The number of nitrogens with one attached hydrogen (secondary N) is 1. The summed E-state index contributed by atoms with van der Waals surface area (Å²) in [6.45, 7) is 3.91. The maximum Gasteiger partial charge on any atom is 0.328 e. The van der Waals surface area contributed by atoms with Gasteiger partial charge < -0.3 is 15.2 Å². The molecule has 2 N–H and O–H groups in total. The van der Waals surface area contributed by atoms with Crippen molar-refractivity contribution in [2.75, 3.05) is 7.11 Å². The van der Waals surface area contributed by atoms with Gasteiger partial charge in [-0.1, -0.05) is 48.5 Å². The standard InChI is InChI=1S/C20H23NO4/c1-13-8-7-9-14(2)16(13)12-17(20(24)25-3)21-19(23)18(22)15-10-5-4-6-11-15/h4-11,17-18,22H,12H2,1-3H3,(H,21,23)/t17-,18-/m0/s1. The van der Waals surface area contributed by atoms with Gasteiger partial charge in [-0.15, -0.1) is 0 Å². The molecule has 0 bridgehead atoms. The van der Waals surface area contributed by atoms with Gasteiger partial charge in [0.2, 0.25) is 0 Å². The highest BCUT2D eigenvalue weighted by atomic mass is 16.5. The van der Waals surface area contributed by atoms with Crippen LogP contribution in [0.4, 0.5) is 0 Å². The van der Waals surface area contributed by atoms with Crippen LogP contribution < -0.4 is 5.32 Å². The first kappa shape index (κ1) is 18.7. The van der Waals surface area contributed by atoms with Crippen LogP contribution in [-0.2, 0) is 20.7 Å². The Morgan fingerprint density at radius 1 is 1.04 bits per heavy atom. The molecule has 0 unspecified atom stereocenters. The Morgan fingerprint density at radius 2 is 1.64 bits per heavy atom. The van der Waals surface area contributed by atoms with Crippen molar-refractivity contribution in [2.45, 2.75) is 32.4 Å². The highest BCUT2D eigenvalue weighted by Crippen LogP contribution is 2.17. The average molecular weight is 341 g/mol. The van der Waals surface area contributed by atoms with Crippen LogP contribution in [0.15, 0.2) is 48.5 Å². The lowest BCUT2D eigenvalue weighted by Crippen LogP contribution is -2.45. The summed E-state index contributed by atoms with van der Waals surface area (Å²) in [5.74, 6) is -1.18. The number of carbonyl (C=O) groups excluding carboxylic acids is 2. The van der Waals surface area contributed by atoms with E-state index in [2.05, 4.69) is 5.32 Å². The number of esters is 1. The van der Waals surface area contributed by atoms with Crippen LogP contribution in [0.3, 0.4) is 0 Å². The van der Waals surface area contributed by atoms with Gasteiger partial charge in [-0.05, 0) is 36.1 Å². The van der Waals surface area contributed by atoms with E-state index in [0.717, 1.165) is 16.7 Å². The van der Waals surface area contributed by atoms with E-state index < -0.39 is 24.0 Å². The minimum absolute atomic E-state index is 0.304. The second-order valence-electron chi connectivity index (χ2n) is 5.97. The molecule has 5 nitrogen and oxygen atoms in total. The Morgan fingerprint density at radius 3 is 2.20 bits per heavy atom. The van der Waals surface area contributed by atoms with Gasteiger partial charge in [0.05, 0.1) is 7.11 Å². The molecule has 0 heterocycles. The molecule has 0 radical (unpaired) electrons. The number of aliphatic hydroxyl groups is 1. The van der Waals surface area contributed by atoms with Gasteiger partial charge in [-0.3, -0.25) is 4.79 Å². The van der Waals surface area contributed by atoms with E-state index in [9.17, 15) is 14.7 Å². The molecule has 0 aliphatic heterocycles. The molecule has 132 valence electrons. The second-order valence-corrected chi connectivity index (χ2v) is 5.97. The fourth-order valence-corrected chi connectivity index (χ4v) is 2.75. The largest absolute Gasteiger partial charge is 0.467 e. The zero-order valence-electron chi connectivity index (χ0n) is 14.7. The number of aryl methyl sites for hydroxylation is 2. The molecule has 1 amide bonds. The van der Waals surface area contributed by atoms with Gasteiger partial charge >= 0.3 is 5.97 Å². The first-order chi connectivity index (χ1) is 11.9. The number of rotatable bonds is 6. The molecule has 25 heavy (non-hydrogen) atoms. The quantitative estimate of drug-likeness (QED) is 0.790. The third-order valence-corrected chi connectivity index (χ3v) is 4.22. The SMILES string of the molecule is COC(=O)[C@H](Cc1c(C)cccc1C)NC(=O)[C@@H](O)c1ccccc1. The van der Waals surface area contributed by atoms with Crippen LogP contribution in [0, 0.1) is 13.8 Å². The highest BCUT2D eigenvalue weighted by molar-refractivity contribution is 5.87. The summed E-state index contributed by atoms with van der Waals surface area (Å²) >= 11 is 0. The molecule has 0 aromatic heterocycles. The Hall–Kier alpha value is -2.66. The van der Waals surface area contributed by atoms with Crippen LogP contribution in [0.2, 0.25) is 0 Å². The molecule has 0 aliphatic carbocycles. The van der Waals surface area contributed by atoms with Gasteiger partial charge in [0.25, 0.3) is 5.91 Å². The number of methoxy groups -OCH3 is 1. The van der Waals surface area contributed by atoms with Crippen LogP contribution in [-0.4, -0.2) is 30.1 Å². The highest BCUT2D eigenvalue weighted by Gasteiger charge is 2.27. The number of hydrogen-bond donors (Lipinski definition) is 2. The minimum atomic E-state index is -1.34. The van der Waals surface area contributed by atoms with Gasteiger partial charge in [0.1, 0.15) is 6.04 Å². The summed E-state index contributed by atoms with van der Waals surface area (Å²) in [5, 5.41) is 12.8. The molecule has 5 heteroatoms. The molecule has 0 saturated heterocycles. The first-order valence-corrected chi connectivity index (χ1v) is 8.10. The number of aliphatic hydroxyl groups excluding tert-OH is 1. The number of ether oxygens (including phenoxy) is 1. The molecule has 0 fully saturated rings. The lowest BCUT2D eigenvalue weighted by Gasteiger charge is -2.20. The van der Waals surface area contributed by atoms with Crippen molar-refractivity contribution in [2.24, 2.45) is 0 Å². The van der Waals surface area contributed by atoms with E-state index in [1.54, 1.807) is 30.3 Å². The van der Waals surface area contributed by atoms with Gasteiger partial charge in [0.15, 0.2) is 6.10 Å². The van der Waals surface area contributed by atoms with Crippen LogP contribution in [0.25, 0.3) is 0 Å². The summed E-state index contributed by atoms with van der Waals surface area (Å²) in [4.78, 5) is 24.5. The summed E-state index contributed by atoms with van der Waals surface area (Å²) in [6, 6.07) is 13.6. The predicted octanol–water partition coefficient (Wildman–Crippen LogP) is 2.24. The van der Waals surface area contributed by atoms with E-state index in [-0.39, 0.29) is 0 Å². The zero-order chi connectivity index (χ0) is 18.4. The molecular formula is C20H23NO4. The normalized spacial score (nSPS) is 13.0. The number of hydrogen-bond acceptors (Lipinski definition) is 4. The summed E-state index contributed by atoms with van der Waals surface area (Å²) < 4.78 is 4.82. The molecule has 2 rings (SSSR count). The summed E-state index contributed by atoms with van der Waals surface area (Å²) in [5.41, 5.74) is 3.52. The Balaban J connectivity index is 2.18. The van der Waals surface area contributed by atoms with E-state index in [0.29, 0.717) is 12.0 Å². The summed E-state index contributed by atoms with van der Waals surface area (Å²) in [6.07, 6.45) is -1.04. The van der Waals surface area contributed by atoms with Crippen molar-refractivity contribution in [1.82, 2.24) is 5.32 Å². The lowest BCUT2D eigenvalue weighted by molar-refractivity contribution is -0.146. The van der Waals surface area contributed by atoms with Crippen LogP contribution >= 0.6 is 0 Å². The smallest absolute Gasteiger partial charge is 0.328 e. The van der Waals surface area contributed by atoms with Gasteiger partial charge in [-0.25, -0.2) is 4.79 Å². The molecule has 2 atom stereocenters. The topological polar surface area (TPSA) is 75.6 Å². The third-order valence-electron chi connectivity index (χ3n) is 4.22. The average Bonchev–Trinajstić information content (AvgIpc) is 2.63. The Bertz CT molecular complexity index is 722. The monoisotopic (exact) mass is 341 g/mol. The van der Waals surface area contributed by atoms with Crippen molar-refractivity contribution in [3.8, 4) is 0 Å². The van der Waals surface area contributed by atoms with Crippen LogP contribution in [0.5, 0.6) is 0 Å². The first-order valence-electron chi connectivity index (χ1n) is 8.10. The van der Waals surface area contributed by atoms with Crippen molar-refractivity contribution in [1.29, 1.82) is 0 Å². The maximum atomic E-state index is 12.4. The Labute approximate surface area is 147 Å². The lowest BCUT2D eigenvalue weighted by atomic mass is 9.96. The van der Waals surface area contributed by atoms with Crippen molar-refractivity contribution in [3.63, 3.8) is 0 Å². The fraction of sp³-hybridized carbons (Fsp3) is 0.300. The van der Waals surface area contributed by atoms with Crippen molar-refractivity contribution < 1.29 is 19.4 Å². The van der Waals surface area contributed by atoms with E-state index >= 15 is 0 Å². The van der Waals surface area contributed by atoms with Gasteiger partial charge in [-0.2, -0.15) is 0 Å². The molecule has 2 aromatic rings. The third kappa shape index (κ3) is 4.67. The minimum Gasteiger partial charge on any atom is -0.467 e. The fourth-order valence-electron chi connectivity index (χ4n) is 2.75. The summed E-state index contributed by atoms with van der Waals surface area (Å²) in [7, 11) is 1.28. The number of benzene rings is 2. The molecule has 0 spiro atoms. The predicted molar refractivity (Wildman–Crippen MR) is 95.0 cm³/mol. The maximum absolute atomic E-state index is 12.4. The Kier molecular flexibility index (Phi) is 6.31. The molecular weight excluding hydrogens is 318 g/mol. The molecule has 0 saturated carbocycles. The van der Waals surface area contributed by atoms with Crippen LogP contribution in [0.1, 0.15) is 28.4 Å². The van der Waals surface area contributed by atoms with Crippen molar-refractivity contribution in [3.05, 3.63) is 70.8 Å². The molecule has 2 aromatic carbocycles. The van der Waals surface area contributed by atoms with E-state index in [1.807, 2.05) is 32.0 Å². The zero-order valence-corrected chi connectivity index (χ0v) is 14.7.